The highest BCUT2D eigenvalue weighted by atomic mass is 16.5. The van der Waals surface area contributed by atoms with Crippen molar-refractivity contribution < 1.29 is 14.6 Å². The second kappa shape index (κ2) is 7.10. The van der Waals surface area contributed by atoms with Crippen molar-refractivity contribution in [3.05, 3.63) is 0 Å². The third-order valence-electron chi connectivity index (χ3n) is 3.97. The molecule has 106 valence electrons. The molecule has 0 bridgehead atoms. The molecule has 1 saturated carbocycles. The Labute approximate surface area is 110 Å². The topological polar surface area (TPSA) is 58.6 Å². The Morgan fingerprint density at radius 1 is 1.39 bits per heavy atom. The van der Waals surface area contributed by atoms with E-state index in [1.54, 1.807) is 0 Å². The molecular weight excluding hydrogens is 230 g/mol. The van der Waals surface area contributed by atoms with E-state index in [-0.39, 0.29) is 17.5 Å². The van der Waals surface area contributed by atoms with E-state index in [0.717, 1.165) is 32.2 Å². The maximum atomic E-state index is 11.1. The molecule has 0 aromatic carbocycles. The summed E-state index contributed by atoms with van der Waals surface area (Å²) in [7, 11) is 0. The minimum absolute atomic E-state index is 0.00489. The van der Waals surface area contributed by atoms with Gasteiger partial charge in [0.15, 0.2) is 0 Å². The number of unbranched alkanes of at least 4 members (excludes halogenated alkanes) is 2. The van der Waals surface area contributed by atoms with Crippen LogP contribution in [0.15, 0.2) is 0 Å². The van der Waals surface area contributed by atoms with Crippen LogP contribution in [0, 0.1) is 5.41 Å². The van der Waals surface area contributed by atoms with E-state index in [9.17, 15) is 9.90 Å². The molecule has 4 heteroatoms. The van der Waals surface area contributed by atoms with Crippen LogP contribution in [0.4, 0.5) is 0 Å². The highest BCUT2D eigenvalue weighted by molar-refractivity contribution is 5.69. The van der Waals surface area contributed by atoms with Gasteiger partial charge in [0.05, 0.1) is 12.7 Å². The zero-order valence-electron chi connectivity index (χ0n) is 11.9. The Kier molecular flexibility index (Phi) is 6.09. The molecule has 1 fully saturated rings. The summed E-state index contributed by atoms with van der Waals surface area (Å²) in [6, 6.07) is 0.428. The van der Waals surface area contributed by atoms with Crippen LogP contribution in [0.3, 0.4) is 0 Å². The van der Waals surface area contributed by atoms with Gasteiger partial charge in [0.1, 0.15) is 0 Å². The first-order chi connectivity index (χ1) is 8.48. The van der Waals surface area contributed by atoms with Gasteiger partial charge in [0, 0.05) is 17.9 Å². The molecule has 0 aromatic heterocycles. The fourth-order valence-electron chi connectivity index (χ4n) is 2.33. The van der Waals surface area contributed by atoms with E-state index in [2.05, 4.69) is 19.2 Å². The molecule has 0 aliphatic heterocycles. The molecule has 0 saturated heterocycles. The second-order valence-corrected chi connectivity index (χ2v) is 5.70. The molecule has 4 nitrogen and oxygen atoms in total. The number of carbonyl (C=O) groups excluding carboxylic acids is 1. The van der Waals surface area contributed by atoms with Crippen LogP contribution in [0.2, 0.25) is 0 Å². The monoisotopic (exact) mass is 257 g/mol. The van der Waals surface area contributed by atoms with Gasteiger partial charge in [-0.1, -0.05) is 20.3 Å². The lowest BCUT2D eigenvalue weighted by molar-refractivity contribution is -0.143. The van der Waals surface area contributed by atoms with Gasteiger partial charge in [0.25, 0.3) is 0 Å². The van der Waals surface area contributed by atoms with Gasteiger partial charge < -0.3 is 15.2 Å². The summed E-state index contributed by atoms with van der Waals surface area (Å²) >= 11 is 0. The van der Waals surface area contributed by atoms with Crippen LogP contribution in [-0.2, 0) is 9.53 Å². The van der Waals surface area contributed by atoms with E-state index in [1.807, 2.05) is 6.92 Å². The van der Waals surface area contributed by atoms with Crippen molar-refractivity contribution >= 4 is 5.97 Å². The third-order valence-corrected chi connectivity index (χ3v) is 3.97. The van der Waals surface area contributed by atoms with Crippen molar-refractivity contribution in [2.75, 3.05) is 13.2 Å². The van der Waals surface area contributed by atoms with E-state index >= 15 is 0 Å². The molecule has 0 spiro atoms. The highest BCUT2D eigenvalue weighted by Gasteiger charge is 2.46. The van der Waals surface area contributed by atoms with Crippen LogP contribution in [0.25, 0.3) is 0 Å². The second-order valence-electron chi connectivity index (χ2n) is 5.70. The molecular formula is C14H27NO3. The quantitative estimate of drug-likeness (QED) is 0.515. The predicted octanol–water partition coefficient (Wildman–Crippen LogP) is 1.86. The summed E-state index contributed by atoms with van der Waals surface area (Å²) < 4.78 is 4.87. The minimum Gasteiger partial charge on any atom is -0.466 e. The Balaban J connectivity index is 1.95. The Morgan fingerprint density at radius 2 is 2.11 bits per heavy atom. The molecule has 0 amide bonds. The zero-order chi connectivity index (χ0) is 13.6. The van der Waals surface area contributed by atoms with E-state index in [0.29, 0.717) is 19.1 Å². The maximum absolute atomic E-state index is 11.1. The summed E-state index contributed by atoms with van der Waals surface area (Å²) in [6.07, 6.45) is 4.23. The standard InChI is InChI=1S/C14H27NO3/c1-4-18-13(17)8-6-5-7-9-15-11-10-12(16)14(11,2)3/h11-12,15-16H,4-10H2,1-3H3. The molecule has 0 aromatic rings. The molecule has 0 radical (unpaired) electrons. The van der Waals surface area contributed by atoms with Gasteiger partial charge in [-0.25, -0.2) is 0 Å². The number of hydrogen-bond donors (Lipinski definition) is 2. The smallest absolute Gasteiger partial charge is 0.305 e. The largest absolute Gasteiger partial charge is 0.466 e. The van der Waals surface area contributed by atoms with Gasteiger partial charge in [-0.15, -0.1) is 0 Å². The summed E-state index contributed by atoms with van der Waals surface area (Å²) in [5.41, 5.74) is 0.00489. The van der Waals surface area contributed by atoms with Crippen LogP contribution < -0.4 is 5.32 Å². The number of aliphatic hydroxyl groups is 1. The van der Waals surface area contributed by atoms with Gasteiger partial charge in [-0.2, -0.15) is 0 Å². The van der Waals surface area contributed by atoms with Crippen molar-refractivity contribution in [1.82, 2.24) is 5.32 Å². The van der Waals surface area contributed by atoms with Crippen molar-refractivity contribution in [2.24, 2.45) is 5.41 Å². The highest BCUT2D eigenvalue weighted by Crippen LogP contribution is 2.40. The van der Waals surface area contributed by atoms with Gasteiger partial charge in [-0.3, -0.25) is 4.79 Å². The summed E-state index contributed by atoms with van der Waals surface area (Å²) in [5, 5.41) is 13.1. The fourth-order valence-corrected chi connectivity index (χ4v) is 2.33. The first-order valence-corrected chi connectivity index (χ1v) is 7.05. The van der Waals surface area contributed by atoms with E-state index in [1.165, 1.54) is 0 Å². The Morgan fingerprint density at radius 3 is 2.67 bits per heavy atom. The lowest BCUT2D eigenvalue weighted by atomic mass is 9.64. The first kappa shape index (κ1) is 15.4. The van der Waals surface area contributed by atoms with Crippen molar-refractivity contribution in [3.63, 3.8) is 0 Å². The number of ether oxygens (including phenoxy) is 1. The molecule has 2 atom stereocenters. The Bertz CT molecular complexity index is 266. The average molecular weight is 257 g/mol. The summed E-state index contributed by atoms with van der Waals surface area (Å²) in [5.74, 6) is -0.0892. The fraction of sp³-hybridized carbons (Fsp3) is 0.929. The summed E-state index contributed by atoms with van der Waals surface area (Å²) in [6.45, 7) is 7.46. The number of nitrogens with one attached hydrogen (secondary N) is 1. The SMILES string of the molecule is CCOC(=O)CCCCCNC1CC(O)C1(C)C. The first-order valence-electron chi connectivity index (χ1n) is 7.05. The molecule has 2 N–H and O–H groups in total. The van der Waals surface area contributed by atoms with E-state index < -0.39 is 0 Å². The summed E-state index contributed by atoms with van der Waals surface area (Å²) in [4.78, 5) is 11.1. The van der Waals surface area contributed by atoms with Gasteiger partial charge >= 0.3 is 5.97 Å². The third kappa shape index (κ3) is 4.25. The van der Waals surface area contributed by atoms with Crippen molar-refractivity contribution in [3.8, 4) is 0 Å². The lowest BCUT2D eigenvalue weighted by Gasteiger charge is -2.49. The average Bonchev–Trinajstić information content (AvgIpc) is 2.32. The van der Waals surface area contributed by atoms with Crippen LogP contribution in [0.1, 0.15) is 52.9 Å². The Hall–Kier alpha value is -0.610. The normalized spacial score (nSPS) is 25.6. The number of aliphatic hydroxyl groups excluding tert-OH is 1. The number of hydrogen-bond acceptors (Lipinski definition) is 4. The van der Waals surface area contributed by atoms with Crippen molar-refractivity contribution in [1.29, 1.82) is 0 Å². The number of rotatable bonds is 8. The number of esters is 1. The molecule has 18 heavy (non-hydrogen) atoms. The molecule has 1 rings (SSSR count). The predicted molar refractivity (Wildman–Crippen MR) is 71.3 cm³/mol. The van der Waals surface area contributed by atoms with Crippen LogP contribution in [-0.4, -0.2) is 36.4 Å². The van der Waals surface area contributed by atoms with Crippen LogP contribution in [0.5, 0.6) is 0 Å². The maximum Gasteiger partial charge on any atom is 0.305 e. The van der Waals surface area contributed by atoms with E-state index in [4.69, 9.17) is 4.74 Å². The number of carbonyl (C=O) groups is 1. The zero-order valence-corrected chi connectivity index (χ0v) is 11.9. The van der Waals surface area contributed by atoms with Gasteiger partial charge in [0.2, 0.25) is 0 Å². The molecule has 1 aliphatic rings. The van der Waals surface area contributed by atoms with Crippen molar-refractivity contribution in [2.45, 2.75) is 65.0 Å². The van der Waals surface area contributed by atoms with Crippen LogP contribution >= 0.6 is 0 Å². The molecule has 2 unspecified atom stereocenters. The molecule has 0 heterocycles. The lowest BCUT2D eigenvalue weighted by Crippen LogP contribution is -2.60. The minimum atomic E-state index is -0.168. The van der Waals surface area contributed by atoms with Gasteiger partial charge in [-0.05, 0) is 32.7 Å². The molecule has 1 aliphatic carbocycles.